The number of para-hydroxylation sites is 1. The van der Waals surface area contributed by atoms with Crippen LogP contribution in [0.5, 0.6) is 0 Å². The molecule has 3 aromatic heterocycles. The third kappa shape index (κ3) is 3.97. The highest BCUT2D eigenvalue weighted by molar-refractivity contribution is 7.13. The molecular formula is C25H32N6S. The second-order valence-corrected chi connectivity index (χ2v) is 8.85. The molecule has 6 nitrogen and oxygen atoms in total. The standard InChI is InChI=1S/C23H26N6S.C2H6/c1-25-21(24)20-19(28-22(29(20)2)14-7-4-3-5-8-14)17-13-15-9-6-10-16(18(15)27-17)23-26-11-12-30-23;1-2/h6,9-14,27H,3-5,7-8H2,1-2H3,(H2,24,25);1-2H3. The Hall–Kier alpha value is -2.93. The lowest BCUT2D eigenvalue weighted by Crippen LogP contribution is -2.19. The van der Waals surface area contributed by atoms with Crippen LogP contribution in [0.25, 0.3) is 32.9 Å². The highest BCUT2D eigenvalue weighted by atomic mass is 32.1. The van der Waals surface area contributed by atoms with Crippen LogP contribution < -0.4 is 5.73 Å². The number of nitrogens with two attached hydrogens (primary N) is 1. The second kappa shape index (κ2) is 9.69. The molecule has 0 amide bonds. The predicted molar refractivity (Wildman–Crippen MR) is 135 cm³/mol. The number of fused-ring (bicyclic) bond motifs is 1. The number of H-pyrrole nitrogens is 1. The monoisotopic (exact) mass is 448 g/mol. The Kier molecular flexibility index (Phi) is 6.74. The number of amidine groups is 1. The zero-order valence-electron chi connectivity index (χ0n) is 19.4. The van der Waals surface area contributed by atoms with Gasteiger partial charge in [0.05, 0.1) is 11.2 Å². The molecule has 3 N–H and O–H groups in total. The van der Waals surface area contributed by atoms with E-state index in [0.717, 1.165) is 44.4 Å². The molecule has 0 unspecified atom stereocenters. The van der Waals surface area contributed by atoms with E-state index in [4.69, 9.17) is 10.7 Å². The van der Waals surface area contributed by atoms with Gasteiger partial charge in [0.15, 0.2) is 0 Å². The Morgan fingerprint density at radius 1 is 1.22 bits per heavy atom. The summed E-state index contributed by atoms with van der Waals surface area (Å²) in [4.78, 5) is 17.5. The minimum Gasteiger partial charge on any atom is -0.382 e. The molecule has 0 spiro atoms. The first-order valence-electron chi connectivity index (χ1n) is 11.5. The van der Waals surface area contributed by atoms with Crippen molar-refractivity contribution in [1.82, 2.24) is 19.5 Å². The van der Waals surface area contributed by atoms with Crippen molar-refractivity contribution in [2.75, 3.05) is 7.05 Å². The van der Waals surface area contributed by atoms with Crippen molar-refractivity contribution >= 4 is 28.1 Å². The van der Waals surface area contributed by atoms with Gasteiger partial charge in [-0.15, -0.1) is 11.3 Å². The summed E-state index contributed by atoms with van der Waals surface area (Å²) in [6.45, 7) is 4.00. The van der Waals surface area contributed by atoms with Gasteiger partial charge in [-0.3, -0.25) is 4.99 Å². The topological polar surface area (TPSA) is 84.9 Å². The molecule has 1 aromatic carbocycles. The van der Waals surface area contributed by atoms with Crippen molar-refractivity contribution in [2.45, 2.75) is 51.9 Å². The Labute approximate surface area is 193 Å². The van der Waals surface area contributed by atoms with Crippen LogP contribution in [0.2, 0.25) is 0 Å². The molecule has 0 atom stereocenters. The summed E-state index contributed by atoms with van der Waals surface area (Å²) in [6, 6.07) is 8.46. The molecule has 1 saturated carbocycles. The normalized spacial score (nSPS) is 15.1. The fourth-order valence-electron chi connectivity index (χ4n) is 4.65. The van der Waals surface area contributed by atoms with E-state index in [9.17, 15) is 0 Å². The number of aromatic amines is 1. The maximum absolute atomic E-state index is 6.34. The number of nitrogens with zero attached hydrogens (tertiary/aromatic N) is 4. The summed E-state index contributed by atoms with van der Waals surface area (Å²) in [5.74, 6) is 2.11. The number of hydrogen-bond donors (Lipinski definition) is 2. The summed E-state index contributed by atoms with van der Waals surface area (Å²) >= 11 is 1.64. The van der Waals surface area contributed by atoms with Crippen LogP contribution in [-0.4, -0.2) is 32.4 Å². The summed E-state index contributed by atoms with van der Waals surface area (Å²) < 4.78 is 2.15. The van der Waals surface area contributed by atoms with Crippen molar-refractivity contribution < 1.29 is 0 Å². The lowest BCUT2D eigenvalue weighted by molar-refractivity contribution is 0.421. The molecule has 4 aromatic rings. The van der Waals surface area contributed by atoms with Crippen LogP contribution in [0, 0.1) is 0 Å². The first-order valence-corrected chi connectivity index (χ1v) is 12.4. The van der Waals surface area contributed by atoms with E-state index in [1.165, 1.54) is 32.1 Å². The summed E-state index contributed by atoms with van der Waals surface area (Å²) in [6.07, 6.45) is 8.07. The van der Waals surface area contributed by atoms with Gasteiger partial charge in [0.2, 0.25) is 0 Å². The average Bonchev–Trinajstić information content (AvgIpc) is 3.58. The van der Waals surface area contributed by atoms with Crippen LogP contribution in [0.15, 0.2) is 40.8 Å². The Bertz CT molecular complexity index is 1210. The highest BCUT2D eigenvalue weighted by Gasteiger charge is 2.26. The Morgan fingerprint density at radius 3 is 2.69 bits per heavy atom. The second-order valence-electron chi connectivity index (χ2n) is 7.96. The summed E-state index contributed by atoms with van der Waals surface area (Å²) in [7, 11) is 3.80. The number of thiazole rings is 1. The molecule has 3 heterocycles. The van der Waals surface area contributed by atoms with Gasteiger partial charge in [0, 0.05) is 42.5 Å². The SMILES string of the molecule is CC.CN=C(N)c1c(-c2cc3cccc(-c4nccs4)c3[nH]2)nc(C2CCCCC2)n1C. The van der Waals surface area contributed by atoms with Crippen LogP contribution in [0.3, 0.4) is 0 Å². The molecule has 5 rings (SSSR count). The number of aliphatic imine (C=N–C) groups is 1. The van der Waals surface area contributed by atoms with Gasteiger partial charge < -0.3 is 15.3 Å². The zero-order valence-corrected chi connectivity index (χ0v) is 20.2. The lowest BCUT2D eigenvalue weighted by Gasteiger charge is -2.21. The molecule has 1 aliphatic carbocycles. The first-order chi connectivity index (χ1) is 15.7. The van der Waals surface area contributed by atoms with Crippen molar-refractivity contribution in [2.24, 2.45) is 17.8 Å². The molecule has 0 aliphatic heterocycles. The molecule has 7 heteroatoms. The van der Waals surface area contributed by atoms with Crippen LogP contribution >= 0.6 is 11.3 Å². The van der Waals surface area contributed by atoms with Gasteiger partial charge in [-0.2, -0.15) is 0 Å². The van der Waals surface area contributed by atoms with Gasteiger partial charge in [0.25, 0.3) is 0 Å². The molecule has 0 radical (unpaired) electrons. The third-order valence-electron chi connectivity index (χ3n) is 6.16. The number of rotatable bonds is 4. The quantitative estimate of drug-likeness (QED) is 0.292. The number of benzene rings is 1. The van der Waals surface area contributed by atoms with Crippen LogP contribution in [0.4, 0.5) is 0 Å². The number of imidazole rings is 1. The molecule has 1 aliphatic rings. The maximum Gasteiger partial charge on any atom is 0.144 e. The first kappa shape index (κ1) is 22.3. The van der Waals surface area contributed by atoms with Gasteiger partial charge >= 0.3 is 0 Å². The lowest BCUT2D eigenvalue weighted by atomic mass is 9.89. The van der Waals surface area contributed by atoms with Crippen LogP contribution in [-0.2, 0) is 7.05 Å². The maximum atomic E-state index is 6.34. The van der Waals surface area contributed by atoms with E-state index >= 15 is 0 Å². The highest BCUT2D eigenvalue weighted by Crippen LogP contribution is 2.37. The summed E-state index contributed by atoms with van der Waals surface area (Å²) in [5.41, 5.74) is 11.3. The molecule has 168 valence electrons. The van der Waals surface area contributed by atoms with E-state index < -0.39 is 0 Å². The Balaban J connectivity index is 0.00000119. The fraction of sp³-hybridized carbons (Fsp3) is 0.400. The third-order valence-corrected chi connectivity index (χ3v) is 6.96. The molecule has 0 bridgehead atoms. The van der Waals surface area contributed by atoms with Gasteiger partial charge in [-0.05, 0) is 25.0 Å². The number of nitrogens with one attached hydrogen (secondary N) is 1. The van der Waals surface area contributed by atoms with E-state index in [1.807, 2.05) is 25.4 Å². The molecule has 0 saturated heterocycles. The van der Waals surface area contributed by atoms with Gasteiger partial charge in [0.1, 0.15) is 28.1 Å². The molecule has 1 fully saturated rings. The van der Waals surface area contributed by atoms with Crippen molar-refractivity contribution in [3.63, 3.8) is 0 Å². The fourth-order valence-corrected chi connectivity index (χ4v) is 5.32. The Morgan fingerprint density at radius 2 is 2.00 bits per heavy atom. The van der Waals surface area contributed by atoms with Gasteiger partial charge in [-0.25, -0.2) is 9.97 Å². The van der Waals surface area contributed by atoms with Crippen LogP contribution in [0.1, 0.15) is 63.4 Å². The largest absolute Gasteiger partial charge is 0.382 e. The van der Waals surface area contributed by atoms with E-state index in [2.05, 4.69) is 50.8 Å². The number of hydrogen-bond acceptors (Lipinski definition) is 4. The smallest absolute Gasteiger partial charge is 0.144 e. The van der Waals surface area contributed by atoms with E-state index in [0.29, 0.717) is 11.8 Å². The zero-order chi connectivity index (χ0) is 22.7. The number of aromatic nitrogens is 4. The van der Waals surface area contributed by atoms with Crippen molar-refractivity contribution in [3.8, 4) is 22.0 Å². The molecular weight excluding hydrogens is 416 g/mol. The minimum atomic E-state index is 0.483. The molecule has 32 heavy (non-hydrogen) atoms. The minimum absolute atomic E-state index is 0.483. The average molecular weight is 449 g/mol. The van der Waals surface area contributed by atoms with Crippen molar-refractivity contribution in [3.05, 3.63) is 47.4 Å². The van der Waals surface area contributed by atoms with Gasteiger partial charge in [-0.1, -0.05) is 45.2 Å². The van der Waals surface area contributed by atoms with E-state index in [-0.39, 0.29) is 0 Å². The summed E-state index contributed by atoms with van der Waals surface area (Å²) in [5, 5.41) is 4.15. The van der Waals surface area contributed by atoms with Crippen molar-refractivity contribution in [1.29, 1.82) is 0 Å². The van der Waals surface area contributed by atoms with E-state index in [1.54, 1.807) is 18.4 Å². The predicted octanol–water partition coefficient (Wildman–Crippen LogP) is 6.10.